The molecule has 7 nitrogen and oxygen atoms in total. The number of rotatable bonds is 5. The van der Waals surface area contributed by atoms with Crippen LogP contribution < -0.4 is 5.32 Å². The van der Waals surface area contributed by atoms with Crippen LogP contribution in [-0.4, -0.2) is 65.5 Å². The summed E-state index contributed by atoms with van der Waals surface area (Å²) in [6.07, 6.45) is 4.21. The zero-order valence-corrected chi connectivity index (χ0v) is 20.3. The van der Waals surface area contributed by atoms with Crippen molar-refractivity contribution in [2.75, 3.05) is 38.2 Å². The van der Waals surface area contributed by atoms with Gasteiger partial charge in [0.05, 0.1) is 24.3 Å². The standard InChI is InChI=1S/C25H30ClFN4O3/c1-16-13-30(5-6-31(16)25(33)18-4-3-7-34-15-18)14-20-8-21(26)10-23(17(20)2)29-24(32)19-9-22(27)12-28-11-19/h8-12,16,18H,3-7,13-15H2,1-2H3,(H,29,32). The van der Waals surface area contributed by atoms with E-state index < -0.39 is 11.7 Å². The maximum atomic E-state index is 13.4. The molecule has 2 aliphatic heterocycles. The SMILES string of the molecule is Cc1c(CN2CCN(C(=O)C3CCCOC3)C(C)C2)cc(Cl)cc1NC(=O)c1cncc(F)c1. The van der Waals surface area contributed by atoms with E-state index in [1.54, 1.807) is 6.07 Å². The maximum Gasteiger partial charge on any atom is 0.257 e. The van der Waals surface area contributed by atoms with E-state index in [0.29, 0.717) is 30.4 Å². The van der Waals surface area contributed by atoms with Gasteiger partial charge in [0.25, 0.3) is 5.91 Å². The number of piperazine rings is 1. The van der Waals surface area contributed by atoms with Crippen molar-refractivity contribution in [2.24, 2.45) is 5.92 Å². The van der Waals surface area contributed by atoms with Crippen LogP contribution in [0.4, 0.5) is 10.1 Å². The predicted octanol–water partition coefficient (Wildman–Crippen LogP) is 3.89. The lowest BCUT2D eigenvalue weighted by molar-refractivity contribution is -0.144. The number of halogens is 2. The molecular formula is C25H30ClFN4O3. The summed E-state index contributed by atoms with van der Waals surface area (Å²) in [7, 11) is 0. The maximum absolute atomic E-state index is 13.4. The van der Waals surface area contributed by atoms with E-state index in [1.165, 1.54) is 6.20 Å². The quantitative estimate of drug-likeness (QED) is 0.691. The van der Waals surface area contributed by atoms with Crippen LogP contribution in [0.15, 0.2) is 30.6 Å². The average molecular weight is 489 g/mol. The zero-order chi connectivity index (χ0) is 24.2. The molecule has 2 aromatic rings. The van der Waals surface area contributed by atoms with Gasteiger partial charge in [-0.2, -0.15) is 0 Å². The molecule has 1 N–H and O–H groups in total. The minimum absolute atomic E-state index is 0.0302. The van der Waals surface area contributed by atoms with Gasteiger partial charge >= 0.3 is 0 Å². The number of anilines is 1. The minimum atomic E-state index is -0.570. The van der Waals surface area contributed by atoms with Crippen LogP contribution >= 0.6 is 11.6 Å². The number of carbonyl (C=O) groups is 2. The third-order valence-corrected chi connectivity index (χ3v) is 6.81. The van der Waals surface area contributed by atoms with Gasteiger partial charge in [-0.15, -0.1) is 0 Å². The molecule has 2 fully saturated rings. The summed E-state index contributed by atoms with van der Waals surface area (Å²) < 4.78 is 19.0. The third-order valence-electron chi connectivity index (χ3n) is 6.59. The number of hydrogen-bond acceptors (Lipinski definition) is 5. The number of benzene rings is 1. The molecule has 0 bridgehead atoms. The van der Waals surface area contributed by atoms with Gasteiger partial charge < -0.3 is 15.0 Å². The van der Waals surface area contributed by atoms with Crippen molar-refractivity contribution >= 4 is 29.1 Å². The molecule has 3 heterocycles. The third kappa shape index (κ3) is 5.74. The zero-order valence-electron chi connectivity index (χ0n) is 19.5. The van der Waals surface area contributed by atoms with Crippen LogP contribution in [-0.2, 0) is 16.1 Å². The highest BCUT2D eigenvalue weighted by Crippen LogP contribution is 2.28. The highest BCUT2D eigenvalue weighted by molar-refractivity contribution is 6.31. The van der Waals surface area contributed by atoms with Crippen molar-refractivity contribution in [1.82, 2.24) is 14.8 Å². The number of carbonyl (C=O) groups excluding carboxylic acids is 2. The first-order valence-electron chi connectivity index (χ1n) is 11.6. The molecular weight excluding hydrogens is 459 g/mol. The van der Waals surface area contributed by atoms with Gasteiger partial charge in [0.2, 0.25) is 5.91 Å². The van der Waals surface area contributed by atoms with Gasteiger partial charge in [0.1, 0.15) is 5.82 Å². The van der Waals surface area contributed by atoms with Crippen LogP contribution in [0.3, 0.4) is 0 Å². The summed E-state index contributed by atoms with van der Waals surface area (Å²) >= 11 is 6.37. The molecule has 2 unspecified atom stereocenters. The second kappa shape index (κ2) is 10.8. The Morgan fingerprint density at radius 1 is 1.26 bits per heavy atom. The molecule has 2 amide bonds. The summed E-state index contributed by atoms with van der Waals surface area (Å²) in [6.45, 7) is 8.10. The molecule has 9 heteroatoms. The topological polar surface area (TPSA) is 74.8 Å². The van der Waals surface area contributed by atoms with Gasteiger partial charge in [-0.3, -0.25) is 19.5 Å². The Hall–Kier alpha value is -2.55. The van der Waals surface area contributed by atoms with Crippen LogP contribution in [0, 0.1) is 18.7 Å². The second-order valence-corrected chi connectivity index (χ2v) is 9.55. The molecule has 2 saturated heterocycles. The fraction of sp³-hybridized carbons (Fsp3) is 0.480. The highest BCUT2D eigenvalue weighted by Gasteiger charge is 2.33. The molecule has 34 heavy (non-hydrogen) atoms. The fourth-order valence-corrected chi connectivity index (χ4v) is 4.92. The molecule has 0 radical (unpaired) electrons. The van der Waals surface area contributed by atoms with Gasteiger partial charge in [-0.1, -0.05) is 11.6 Å². The molecule has 2 aliphatic rings. The molecule has 4 rings (SSSR count). The number of hydrogen-bond donors (Lipinski definition) is 1. The van der Waals surface area contributed by atoms with Crippen molar-refractivity contribution < 1.29 is 18.7 Å². The van der Waals surface area contributed by atoms with E-state index in [4.69, 9.17) is 16.3 Å². The van der Waals surface area contributed by atoms with Gasteiger partial charge in [-0.25, -0.2) is 4.39 Å². The first kappa shape index (κ1) is 24.6. The van der Waals surface area contributed by atoms with E-state index in [9.17, 15) is 14.0 Å². The highest BCUT2D eigenvalue weighted by atomic mass is 35.5. The van der Waals surface area contributed by atoms with E-state index in [-0.39, 0.29) is 23.4 Å². The first-order chi connectivity index (χ1) is 16.3. The van der Waals surface area contributed by atoms with Crippen LogP contribution in [0.25, 0.3) is 0 Å². The monoisotopic (exact) mass is 488 g/mol. The van der Waals surface area contributed by atoms with Crippen molar-refractivity contribution in [1.29, 1.82) is 0 Å². The van der Waals surface area contributed by atoms with Crippen LogP contribution in [0.5, 0.6) is 0 Å². The molecule has 182 valence electrons. The Bertz CT molecular complexity index is 1060. The van der Waals surface area contributed by atoms with Crippen LogP contribution in [0.2, 0.25) is 5.02 Å². The van der Waals surface area contributed by atoms with Gasteiger partial charge in [0, 0.05) is 55.7 Å². The normalized spacial score (nSPS) is 21.4. The number of ether oxygens (including phenoxy) is 1. The molecule has 2 atom stereocenters. The number of nitrogens with one attached hydrogen (secondary N) is 1. The predicted molar refractivity (Wildman–Crippen MR) is 128 cm³/mol. The Kier molecular flexibility index (Phi) is 7.80. The Morgan fingerprint density at radius 2 is 2.09 bits per heavy atom. The number of amides is 2. The van der Waals surface area contributed by atoms with E-state index in [0.717, 1.165) is 55.9 Å². The Morgan fingerprint density at radius 3 is 2.79 bits per heavy atom. The molecule has 0 aliphatic carbocycles. The Balaban J connectivity index is 1.41. The molecule has 1 aromatic heterocycles. The summed E-state index contributed by atoms with van der Waals surface area (Å²) in [6, 6.07) is 4.83. The smallest absolute Gasteiger partial charge is 0.257 e. The first-order valence-corrected chi connectivity index (χ1v) is 12.0. The number of nitrogens with zero attached hydrogens (tertiary/aromatic N) is 3. The molecule has 0 spiro atoms. The Labute approximate surface area is 204 Å². The minimum Gasteiger partial charge on any atom is -0.381 e. The lowest BCUT2D eigenvalue weighted by atomic mass is 9.99. The van der Waals surface area contributed by atoms with E-state index in [1.807, 2.05) is 17.9 Å². The van der Waals surface area contributed by atoms with Crippen LogP contribution in [0.1, 0.15) is 41.3 Å². The van der Waals surface area contributed by atoms with Gasteiger partial charge in [0.15, 0.2) is 0 Å². The number of pyridine rings is 1. The lowest BCUT2D eigenvalue weighted by Gasteiger charge is -2.42. The summed E-state index contributed by atoms with van der Waals surface area (Å²) in [4.78, 5) is 33.6. The summed E-state index contributed by atoms with van der Waals surface area (Å²) in [5, 5.41) is 3.33. The lowest BCUT2D eigenvalue weighted by Crippen LogP contribution is -2.55. The largest absolute Gasteiger partial charge is 0.381 e. The molecule has 0 saturated carbocycles. The second-order valence-electron chi connectivity index (χ2n) is 9.11. The molecule has 1 aromatic carbocycles. The van der Waals surface area contributed by atoms with E-state index in [2.05, 4.69) is 22.1 Å². The van der Waals surface area contributed by atoms with Crippen molar-refractivity contribution in [3.05, 3.63) is 58.1 Å². The van der Waals surface area contributed by atoms with Crippen molar-refractivity contribution in [2.45, 2.75) is 39.3 Å². The number of aromatic nitrogens is 1. The van der Waals surface area contributed by atoms with Gasteiger partial charge in [-0.05, 0) is 56.0 Å². The fourth-order valence-electron chi connectivity index (χ4n) is 4.68. The average Bonchev–Trinajstić information content (AvgIpc) is 2.82. The van der Waals surface area contributed by atoms with Crippen molar-refractivity contribution in [3.8, 4) is 0 Å². The summed E-state index contributed by atoms with van der Waals surface area (Å²) in [5.74, 6) is -0.852. The summed E-state index contributed by atoms with van der Waals surface area (Å²) in [5.41, 5.74) is 2.61. The van der Waals surface area contributed by atoms with E-state index >= 15 is 0 Å². The van der Waals surface area contributed by atoms with Crippen molar-refractivity contribution in [3.63, 3.8) is 0 Å².